The maximum absolute atomic E-state index is 13.1. The second-order valence-electron chi connectivity index (χ2n) is 8.37. The van der Waals surface area contributed by atoms with Gasteiger partial charge in [0.15, 0.2) is 5.69 Å². The third-order valence-electron chi connectivity index (χ3n) is 6.16. The molecule has 8 nitrogen and oxygen atoms in total. The summed E-state index contributed by atoms with van der Waals surface area (Å²) < 4.78 is 7.75. The lowest BCUT2D eigenvalue weighted by Gasteiger charge is -2.34. The minimum absolute atomic E-state index is 0.00604. The molecule has 0 N–H and O–H groups in total. The molecule has 5 rings (SSSR count). The third kappa shape index (κ3) is 4.36. The molecule has 1 atom stereocenters. The van der Waals surface area contributed by atoms with Crippen molar-refractivity contribution in [1.82, 2.24) is 24.8 Å². The van der Waals surface area contributed by atoms with Gasteiger partial charge in [0, 0.05) is 36.8 Å². The van der Waals surface area contributed by atoms with Crippen LogP contribution in [0.3, 0.4) is 0 Å². The van der Waals surface area contributed by atoms with Crippen LogP contribution in [0.1, 0.15) is 43.8 Å². The van der Waals surface area contributed by atoms with Crippen LogP contribution in [-0.4, -0.2) is 62.8 Å². The summed E-state index contributed by atoms with van der Waals surface area (Å²) in [4.78, 5) is 29.5. The molecule has 1 aromatic heterocycles. The maximum Gasteiger partial charge on any atom is 0.276 e. The molecule has 2 amide bonds. The van der Waals surface area contributed by atoms with E-state index in [1.807, 2.05) is 55.5 Å². The van der Waals surface area contributed by atoms with Crippen LogP contribution >= 0.6 is 11.6 Å². The number of aromatic nitrogens is 3. The predicted octanol–water partition coefficient (Wildman–Crippen LogP) is 3.11. The maximum atomic E-state index is 13.1. The molecule has 1 saturated heterocycles. The Labute approximate surface area is 196 Å². The lowest BCUT2D eigenvalue weighted by molar-refractivity contribution is -0.00202. The van der Waals surface area contributed by atoms with E-state index in [0.717, 1.165) is 11.1 Å². The van der Waals surface area contributed by atoms with Crippen molar-refractivity contribution in [2.75, 3.05) is 26.2 Å². The average molecular weight is 466 g/mol. The van der Waals surface area contributed by atoms with Gasteiger partial charge in [-0.2, -0.15) is 0 Å². The summed E-state index contributed by atoms with van der Waals surface area (Å²) in [7, 11) is 0. The Morgan fingerprint density at radius 3 is 2.39 bits per heavy atom. The van der Waals surface area contributed by atoms with Crippen LogP contribution in [-0.2, 0) is 17.9 Å². The van der Waals surface area contributed by atoms with E-state index >= 15 is 0 Å². The first-order valence-electron chi connectivity index (χ1n) is 10.9. The normalized spacial score (nSPS) is 18.2. The highest BCUT2D eigenvalue weighted by atomic mass is 35.5. The molecular weight excluding hydrogens is 442 g/mol. The molecule has 0 saturated carbocycles. The van der Waals surface area contributed by atoms with Crippen molar-refractivity contribution in [3.8, 4) is 0 Å². The van der Waals surface area contributed by atoms with Crippen LogP contribution in [0.15, 0.2) is 48.5 Å². The second-order valence-corrected chi connectivity index (χ2v) is 8.81. The van der Waals surface area contributed by atoms with Gasteiger partial charge in [0.05, 0.1) is 18.8 Å². The number of carbonyl (C=O) groups excluding carboxylic acids is 2. The first-order chi connectivity index (χ1) is 16.0. The van der Waals surface area contributed by atoms with E-state index in [2.05, 4.69) is 10.3 Å². The van der Waals surface area contributed by atoms with Gasteiger partial charge < -0.3 is 14.5 Å². The Kier molecular flexibility index (Phi) is 5.86. The molecule has 2 aliphatic rings. The van der Waals surface area contributed by atoms with E-state index in [1.165, 1.54) is 0 Å². The number of aryl methyl sites for hydroxylation is 1. The Morgan fingerprint density at radius 1 is 1.00 bits per heavy atom. The molecule has 0 radical (unpaired) electrons. The predicted molar refractivity (Wildman–Crippen MR) is 122 cm³/mol. The fourth-order valence-corrected chi connectivity index (χ4v) is 4.41. The van der Waals surface area contributed by atoms with Crippen molar-refractivity contribution in [3.05, 3.63) is 81.6 Å². The lowest BCUT2D eigenvalue weighted by Crippen LogP contribution is -2.50. The van der Waals surface area contributed by atoms with Gasteiger partial charge >= 0.3 is 0 Å². The SMILES string of the molecule is Cc1cccc(C(=O)N2CCN(C(=O)c3nnn4c3CO[C@@H](c3ccc(Cl)cc3)C4)CC2)c1. The van der Waals surface area contributed by atoms with Gasteiger partial charge in [0.1, 0.15) is 6.10 Å². The molecule has 3 aromatic rings. The number of rotatable bonds is 3. The average Bonchev–Trinajstić information content (AvgIpc) is 3.27. The van der Waals surface area contributed by atoms with E-state index in [0.29, 0.717) is 54.7 Å². The summed E-state index contributed by atoms with van der Waals surface area (Å²) in [6.45, 7) is 4.58. The summed E-state index contributed by atoms with van der Waals surface area (Å²) in [5.41, 5.74) is 3.73. The van der Waals surface area contributed by atoms with Crippen LogP contribution in [0.4, 0.5) is 0 Å². The largest absolute Gasteiger partial charge is 0.365 e. The minimum atomic E-state index is -0.174. The van der Waals surface area contributed by atoms with Gasteiger partial charge in [-0.25, -0.2) is 4.68 Å². The first kappa shape index (κ1) is 21.6. The van der Waals surface area contributed by atoms with Crippen LogP contribution < -0.4 is 0 Å². The quantitative estimate of drug-likeness (QED) is 0.593. The number of amides is 2. The second kappa shape index (κ2) is 8.96. The number of hydrogen-bond donors (Lipinski definition) is 0. The Bertz CT molecular complexity index is 1190. The van der Waals surface area contributed by atoms with E-state index < -0.39 is 0 Å². The van der Waals surface area contributed by atoms with E-state index in [4.69, 9.17) is 16.3 Å². The van der Waals surface area contributed by atoms with Crippen LogP contribution in [0.5, 0.6) is 0 Å². The lowest BCUT2D eigenvalue weighted by atomic mass is 10.1. The monoisotopic (exact) mass is 465 g/mol. The summed E-state index contributed by atoms with van der Waals surface area (Å²) in [5, 5.41) is 9.04. The summed E-state index contributed by atoms with van der Waals surface area (Å²) in [6.07, 6.45) is -0.171. The van der Waals surface area contributed by atoms with Gasteiger partial charge in [-0.05, 0) is 36.8 Å². The molecule has 9 heteroatoms. The zero-order valence-corrected chi connectivity index (χ0v) is 19.0. The minimum Gasteiger partial charge on any atom is -0.365 e. The van der Waals surface area contributed by atoms with E-state index in [9.17, 15) is 9.59 Å². The van der Waals surface area contributed by atoms with Crippen LogP contribution in [0.2, 0.25) is 5.02 Å². The zero-order chi connectivity index (χ0) is 22.9. The highest BCUT2D eigenvalue weighted by Gasteiger charge is 2.32. The van der Waals surface area contributed by atoms with Crippen LogP contribution in [0, 0.1) is 6.92 Å². The fourth-order valence-electron chi connectivity index (χ4n) is 4.28. The molecule has 0 bridgehead atoms. The highest BCUT2D eigenvalue weighted by molar-refractivity contribution is 6.30. The van der Waals surface area contributed by atoms with E-state index in [-0.39, 0.29) is 24.5 Å². The van der Waals surface area contributed by atoms with Crippen LogP contribution in [0.25, 0.3) is 0 Å². The number of halogens is 1. The van der Waals surface area contributed by atoms with Gasteiger partial charge in [-0.15, -0.1) is 5.10 Å². The number of piperazine rings is 1. The molecule has 33 heavy (non-hydrogen) atoms. The van der Waals surface area contributed by atoms with Gasteiger partial charge in [0.2, 0.25) is 0 Å². The summed E-state index contributed by atoms with van der Waals surface area (Å²) in [6, 6.07) is 15.1. The first-order valence-corrected chi connectivity index (χ1v) is 11.3. The number of nitrogens with zero attached hydrogens (tertiary/aromatic N) is 5. The number of ether oxygens (including phenoxy) is 1. The summed E-state index contributed by atoms with van der Waals surface area (Å²) in [5.74, 6) is -0.180. The molecule has 0 unspecified atom stereocenters. The molecule has 2 aromatic carbocycles. The topological polar surface area (TPSA) is 80.6 Å². The molecule has 0 aliphatic carbocycles. The molecule has 2 aliphatic heterocycles. The van der Waals surface area contributed by atoms with Crippen molar-refractivity contribution < 1.29 is 14.3 Å². The van der Waals surface area contributed by atoms with Gasteiger partial charge in [-0.1, -0.05) is 46.6 Å². The van der Waals surface area contributed by atoms with E-state index in [1.54, 1.807) is 14.5 Å². The molecular formula is C24H24ClN5O3. The van der Waals surface area contributed by atoms with Crippen molar-refractivity contribution >= 4 is 23.4 Å². The molecule has 170 valence electrons. The van der Waals surface area contributed by atoms with Crippen molar-refractivity contribution in [3.63, 3.8) is 0 Å². The number of fused-ring (bicyclic) bond motifs is 1. The highest BCUT2D eigenvalue weighted by Crippen LogP contribution is 2.28. The van der Waals surface area contributed by atoms with Gasteiger partial charge in [-0.3, -0.25) is 9.59 Å². The third-order valence-corrected chi connectivity index (χ3v) is 6.41. The number of carbonyl (C=O) groups is 2. The molecule has 3 heterocycles. The Morgan fingerprint density at radius 2 is 1.70 bits per heavy atom. The van der Waals surface area contributed by atoms with Gasteiger partial charge in [0.25, 0.3) is 11.8 Å². The van der Waals surface area contributed by atoms with Crippen molar-refractivity contribution in [2.24, 2.45) is 0 Å². The fraction of sp³-hybridized carbons (Fsp3) is 0.333. The number of hydrogen-bond acceptors (Lipinski definition) is 5. The van der Waals surface area contributed by atoms with Crippen molar-refractivity contribution in [1.29, 1.82) is 0 Å². The van der Waals surface area contributed by atoms with Crippen molar-refractivity contribution in [2.45, 2.75) is 26.2 Å². The zero-order valence-electron chi connectivity index (χ0n) is 18.3. The molecule has 0 spiro atoms. The molecule has 1 fully saturated rings. The number of benzene rings is 2. The Hall–Kier alpha value is -3.23. The summed E-state index contributed by atoms with van der Waals surface area (Å²) >= 11 is 5.98. The standard InChI is InChI=1S/C24H24ClN5O3/c1-16-3-2-4-18(13-16)23(31)28-9-11-29(12-10-28)24(32)22-20-15-33-21(14-30(20)27-26-22)17-5-7-19(25)8-6-17/h2-8,13,21H,9-12,14-15H2,1H3/t21-/m1/s1. The smallest absolute Gasteiger partial charge is 0.276 e. The Balaban J connectivity index is 1.23.